The second-order valence-corrected chi connectivity index (χ2v) is 6.79. The van der Waals surface area contributed by atoms with E-state index in [0.717, 1.165) is 0 Å². The topological polar surface area (TPSA) is 55.4 Å². The third-order valence-electron chi connectivity index (χ3n) is 3.59. The van der Waals surface area contributed by atoms with Crippen molar-refractivity contribution in [1.82, 2.24) is 0 Å². The van der Waals surface area contributed by atoms with E-state index >= 15 is 0 Å². The molecule has 0 aromatic heterocycles. The summed E-state index contributed by atoms with van der Waals surface area (Å²) >= 11 is 9.18. The van der Waals surface area contributed by atoms with Crippen molar-refractivity contribution in [3.63, 3.8) is 0 Å². The number of hydrogen-bond donors (Lipinski definition) is 1. The van der Waals surface area contributed by atoms with Gasteiger partial charge in [0.2, 0.25) is 0 Å². The van der Waals surface area contributed by atoms with E-state index in [0.29, 0.717) is 20.7 Å². The van der Waals surface area contributed by atoms with Gasteiger partial charge in [-0.15, -0.1) is 0 Å². The van der Waals surface area contributed by atoms with Crippen LogP contribution in [0.25, 0.3) is 0 Å². The lowest BCUT2D eigenvalue weighted by Gasteiger charge is -2.09. The Kier molecular flexibility index (Phi) is 5.88. The third-order valence-corrected chi connectivity index (χ3v) is 4.41. The zero-order chi connectivity index (χ0) is 19.4. The molecule has 3 rings (SSSR count). The second-order valence-electron chi connectivity index (χ2n) is 5.47. The van der Waals surface area contributed by atoms with Crippen molar-refractivity contribution < 1.29 is 18.7 Å². The van der Waals surface area contributed by atoms with E-state index in [4.69, 9.17) is 16.3 Å². The minimum Gasteiger partial charge on any atom is -0.423 e. The zero-order valence-electron chi connectivity index (χ0n) is 13.7. The van der Waals surface area contributed by atoms with E-state index in [1.165, 1.54) is 30.3 Å². The molecule has 0 aliphatic rings. The minimum atomic E-state index is -0.818. The maximum absolute atomic E-state index is 13.7. The molecule has 3 aromatic rings. The van der Waals surface area contributed by atoms with Gasteiger partial charge in [-0.3, -0.25) is 4.79 Å². The number of benzene rings is 3. The Hall–Kier alpha value is -2.70. The van der Waals surface area contributed by atoms with Crippen molar-refractivity contribution in [3.05, 3.63) is 93.2 Å². The predicted octanol–water partition coefficient (Wildman–Crippen LogP) is 5.71. The molecular formula is C20H12BrClFNO3. The number of halogens is 3. The van der Waals surface area contributed by atoms with E-state index < -0.39 is 11.8 Å². The molecule has 0 aliphatic heterocycles. The van der Waals surface area contributed by atoms with E-state index in [9.17, 15) is 14.0 Å². The quantitative estimate of drug-likeness (QED) is 0.411. The molecule has 0 heterocycles. The molecular weight excluding hydrogens is 437 g/mol. The van der Waals surface area contributed by atoms with Crippen molar-refractivity contribution in [2.45, 2.75) is 0 Å². The molecule has 0 unspecified atom stereocenters. The number of anilines is 1. The lowest BCUT2D eigenvalue weighted by Crippen LogP contribution is -2.13. The highest BCUT2D eigenvalue weighted by Gasteiger charge is 2.15. The molecule has 0 saturated carbocycles. The van der Waals surface area contributed by atoms with E-state index in [1.54, 1.807) is 36.4 Å². The van der Waals surface area contributed by atoms with Crippen molar-refractivity contribution in [1.29, 1.82) is 0 Å². The summed E-state index contributed by atoms with van der Waals surface area (Å²) in [5, 5.41) is 3.04. The highest BCUT2D eigenvalue weighted by molar-refractivity contribution is 9.10. The number of carbonyl (C=O) groups is 2. The van der Waals surface area contributed by atoms with Crippen LogP contribution in [0.3, 0.4) is 0 Å². The molecule has 1 amide bonds. The number of rotatable bonds is 4. The largest absolute Gasteiger partial charge is 0.423 e. The van der Waals surface area contributed by atoms with Gasteiger partial charge >= 0.3 is 5.97 Å². The highest BCUT2D eigenvalue weighted by Crippen LogP contribution is 2.21. The Bertz CT molecular complexity index is 1010. The summed E-state index contributed by atoms with van der Waals surface area (Å²) in [5.74, 6) is -1.63. The fraction of sp³-hybridized carbons (Fsp3) is 0. The molecule has 0 radical (unpaired) electrons. The van der Waals surface area contributed by atoms with Crippen molar-refractivity contribution in [2.24, 2.45) is 0 Å². The average molecular weight is 449 g/mol. The standard InChI is InChI=1S/C20H12BrClFNO3/c21-12-5-10-18(23)16(11-12)20(26)27-14-8-6-13(7-9-14)24-19(25)15-3-1-2-4-17(15)22/h1-11H,(H,24,25). The Morgan fingerprint density at radius 1 is 0.963 bits per heavy atom. The van der Waals surface area contributed by atoms with E-state index in [2.05, 4.69) is 21.2 Å². The van der Waals surface area contributed by atoms with Gasteiger partial charge in [-0.2, -0.15) is 0 Å². The predicted molar refractivity (Wildman–Crippen MR) is 105 cm³/mol. The fourth-order valence-corrected chi connectivity index (χ4v) is 2.85. The van der Waals surface area contributed by atoms with Crippen molar-refractivity contribution in [2.75, 3.05) is 5.32 Å². The summed E-state index contributed by atoms with van der Waals surface area (Å²) in [4.78, 5) is 24.3. The first-order valence-corrected chi connectivity index (χ1v) is 8.94. The number of hydrogen-bond acceptors (Lipinski definition) is 3. The van der Waals surface area contributed by atoms with Gasteiger partial charge in [0.15, 0.2) is 0 Å². The number of esters is 1. The molecule has 0 aliphatic carbocycles. The molecule has 27 heavy (non-hydrogen) atoms. The van der Waals surface area contributed by atoms with Gasteiger partial charge in [0.25, 0.3) is 5.91 Å². The zero-order valence-corrected chi connectivity index (χ0v) is 16.1. The van der Waals surface area contributed by atoms with Gasteiger partial charge in [-0.1, -0.05) is 39.7 Å². The molecule has 0 spiro atoms. The Morgan fingerprint density at radius 3 is 2.37 bits per heavy atom. The van der Waals surface area contributed by atoms with Crippen molar-refractivity contribution >= 4 is 45.1 Å². The summed E-state index contributed by atoms with van der Waals surface area (Å²) in [6.07, 6.45) is 0. The van der Waals surface area contributed by atoms with Crippen LogP contribution >= 0.6 is 27.5 Å². The Labute approximate surface area is 168 Å². The molecule has 0 atom stereocenters. The highest BCUT2D eigenvalue weighted by atomic mass is 79.9. The van der Waals surface area contributed by atoms with Gasteiger partial charge in [0.05, 0.1) is 16.1 Å². The summed E-state index contributed by atoms with van der Waals surface area (Å²) < 4.78 is 19.5. The summed E-state index contributed by atoms with van der Waals surface area (Å²) in [6.45, 7) is 0. The van der Waals surface area contributed by atoms with E-state index in [1.807, 2.05) is 0 Å². The molecule has 0 saturated heterocycles. The smallest absolute Gasteiger partial charge is 0.346 e. The molecule has 4 nitrogen and oxygen atoms in total. The lowest BCUT2D eigenvalue weighted by molar-refractivity contribution is 0.0729. The number of ether oxygens (including phenoxy) is 1. The average Bonchev–Trinajstić information content (AvgIpc) is 2.65. The van der Waals surface area contributed by atoms with Crippen LogP contribution in [0, 0.1) is 5.82 Å². The summed E-state index contributed by atoms with van der Waals surface area (Å²) in [6, 6.07) is 16.8. The van der Waals surface area contributed by atoms with Crippen LogP contribution in [-0.2, 0) is 0 Å². The second kappa shape index (κ2) is 8.33. The van der Waals surface area contributed by atoms with Crippen LogP contribution in [0.1, 0.15) is 20.7 Å². The van der Waals surface area contributed by atoms with Crippen LogP contribution in [0.15, 0.2) is 71.2 Å². The summed E-state index contributed by atoms with van der Waals surface area (Å²) in [7, 11) is 0. The SMILES string of the molecule is O=C(Oc1ccc(NC(=O)c2ccccc2Cl)cc1)c1cc(Br)ccc1F. The van der Waals surface area contributed by atoms with Gasteiger partial charge in [-0.05, 0) is 54.6 Å². The first-order chi connectivity index (χ1) is 12.9. The third kappa shape index (κ3) is 4.72. The first kappa shape index (κ1) is 19.1. The number of carbonyl (C=O) groups excluding carboxylic acids is 2. The maximum Gasteiger partial charge on any atom is 0.346 e. The van der Waals surface area contributed by atoms with Gasteiger partial charge in [-0.25, -0.2) is 9.18 Å². The van der Waals surface area contributed by atoms with Crippen LogP contribution in [0.5, 0.6) is 5.75 Å². The molecule has 0 bridgehead atoms. The molecule has 136 valence electrons. The first-order valence-electron chi connectivity index (χ1n) is 7.77. The molecule has 0 fully saturated rings. The Morgan fingerprint density at radius 2 is 1.67 bits per heavy atom. The minimum absolute atomic E-state index is 0.180. The van der Waals surface area contributed by atoms with Crippen LogP contribution in [0.4, 0.5) is 10.1 Å². The van der Waals surface area contributed by atoms with Crippen molar-refractivity contribution in [3.8, 4) is 5.75 Å². The number of amides is 1. The Balaban J connectivity index is 1.68. The van der Waals surface area contributed by atoms with Gasteiger partial charge < -0.3 is 10.1 Å². The van der Waals surface area contributed by atoms with E-state index in [-0.39, 0.29) is 17.2 Å². The van der Waals surface area contributed by atoms with Crippen LogP contribution < -0.4 is 10.1 Å². The maximum atomic E-state index is 13.7. The van der Waals surface area contributed by atoms with Crippen LogP contribution in [-0.4, -0.2) is 11.9 Å². The normalized spacial score (nSPS) is 10.3. The molecule has 1 N–H and O–H groups in total. The van der Waals surface area contributed by atoms with Gasteiger partial charge in [0.1, 0.15) is 11.6 Å². The van der Waals surface area contributed by atoms with Gasteiger partial charge in [0, 0.05) is 10.2 Å². The summed E-state index contributed by atoms with van der Waals surface area (Å²) in [5.41, 5.74) is 0.661. The lowest BCUT2D eigenvalue weighted by atomic mass is 10.2. The molecule has 7 heteroatoms. The molecule has 3 aromatic carbocycles. The monoisotopic (exact) mass is 447 g/mol. The fourth-order valence-electron chi connectivity index (χ4n) is 2.27. The number of nitrogens with one attached hydrogen (secondary N) is 1. The van der Waals surface area contributed by atoms with Crippen LogP contribution in [0.2, 0.25) is 5.02 Å².